The second-order valence-electron chi connectivity index (χ2n) is 7.44. The fraction of sp³-hybridized carbons (Fsp3) is 0.391. The molecular formula is C23H30N3O4+. The lowest BCUT2D eigenvalue weighted by Crippen LogP contribution is -3.11. The number of aryl methyl sites for hydroxylation is 2. The van der Waals surface area contributed by atoms with Gasteiger partial charge in [-0.25, -0.2) is 4.98 Å². The van der Waals surface area contributed by atoms with Gasteiger partial charge in [-0.05, 0) is 50.1 Å². The van der Waals surface area contributed by atoms with Crippen molar-refractivity contribution in [2.45, 2.75) is 27.3 Å². The highest BCUT2D eigenvalue weighted by molar-refractivity contribution is 5.81. The van der Waals surface area contributed by atoms with Crippen LogP contribution in [0.1, 0.15) is 23.9 Å². The highest BCUT2D eigenvalue weighted by Gasteiger charge is 2.14. The number of likely N-dealkylation sites (N-methyl/N-ethyl adjacent to an activating group) is 1. The zero-order chi connectivity index (χ0) is 21.7. The maximum absolute atomic E-state index is 12.6. The molecule has 160 valence electrons. The van der Waals surface area contributed by atoms with E-state index in [-0.39, 0.29) is 5.56 Å². The lowest BCUT2D eigenvalue weighted by atomic mass is 10.1. The predicted molar refractivity (Wildman–Crippen MR) is 117 cm³/mol. The SMILES string of the molecule is CC[NH+](CCOc1cc(C)cc(C)c1)Cc1nc2cc(OC)c(OC)cc2c(=O)[nH]1. The Morgan fingerprint density at radius 1 is 1.00 bits per heavy atom. The van der Waals surface area contributed by atoms with Crippen molar-refractivity contribution < 1.29 is 19.1 Å². The number of H-pyrrole nitrogens is 1. The first-order valence-corrected chi connectivity index (χ1v) is 10.1. The Balaban J connectivity index is 1.72. The number of benzene rings is 2. The molecule has 0 aliphatic carbocycles. The summed E-state index contributed by atoms with van der Waals surface area (Å²) in [6.07, 6.45) is 0. The molecule has 30 heavy (non-hydrogen) atoms. The Morgan fingerprint density at radius 3 is 2.30 bits per heavy atom. The Hall–Kier alpha value is -3.06. The smallest absolute Gasteiger partial charge is 0.259 e. The molecule has 0 bridgehead atoms. The minimum Gasteiger partial charge on any atom is -0.493 e. The van der Waals surface area contributed by atoms with Crippen LogP contribution < -0.4 is 24.7 Å². The van der Waals surface area contributed by atoms with Gasteiger partial charge in [-0.1, -0.05) is 6.07 Å². The molecule has 0 saturated heterocycles. The van der Waals surface area contributed by atoms with Gasteiger partial charge in [-0.2, -0.15) is 0 Å². The average molecular weight is 413 g/mol. The molecule has 1 atom stereocenters. The van der Waals surface area contributed by atoms with Gasteiger partial charge in [0.1, 0.15) is 25.4 Å². The summed E-state index contributed by atoms with van der Waals surface area (Å²) in [6.45, 7) is 9.13. The molecule has 7 heteroatoms. The van der Waals surface area contributed by atoms with Gasteiger partial charge >= 0.3 is 0 Å². The number of fused-ring (bicyclic) bond motifs is 1. The highest BCUT2D eigenvalue weighted by atomic mass is 16.5. The number of hydrogen-bond donors (Lipinski definition) is 2. The van der Waals surface area contributed by atoms with E-state index in [2.05, 4.69) is 36.8 Å². The van der Waals surface area contributed by atoms with Gasteiger partial charge in [0.25, 0.3) is 5.56 Å². The molecule has 1 heterocycles. The van der Waals surface area contributed by atoms with Gasteiger partial charge in [0.05, 0.1) is 31.7 Å². The van der Waals surface area contributed by atoms with Crippen molar-refractivity contribution in [3.8, 4) is 17.2 Å². The van der Waals surface area contributed by atoms with Crippen molar-refractivity contribution in [1.82, 2.24) is 9.97 Å². The van der Waals surface area contributed by atoms with E-state index in [1.54, 1.807) is 26.4 Å². The van der Waals surface area contributed by atoms with Crippen LogP contribution in [0.3, 0.4) is 0 Å². The van der Waals surface area contributed by atoms with Crippen LogP contribution in [0.15, 0.2) is 35.1 Å². The Bertz CT molecular complexity index is 1060. The van der Waals surface area contributed by atoms with Crippen LogP contribution in [0, 0.1) is 13.8 Å². The summed E-state index contributed by atoms with van der Waals surface area (Å²) in [4.78, 5) is 21.4. The number of aromatic amines is 1. The Morgan fingerprint density at radius 2 is 1.67 bits per heavy atom. The van der Waals surface area contributed by atoms with Crippen molar-refractivity contribution in [3.63, 3.8) is 0 Å². The summed E-state index contributed by atoms with van der Waals surface area (Å²) in [7, 11) is 3.11. The number of hydrogen-bond acceptors (Lipinski definition) is 5. The summed E-state index contributed by atoms with van der Waals surface area (Å²) in [5.41, 5.74) is 2.79. The van der Waals surface area contributed by atoms with E-state index in [4.69, 9.17) is 14.2 Å². The average Bonchev–Trinajstić information content (AvgIpc) is 2.71. The number of aromatic nitrogens is 2. The Labute approximate surface area is 176 Å². The van der Waals surface area contributed by atoms with Gasteiger partial charge in [0, 0.05) is 6.07 Å². The molecule has 0 aliphatic heterocycles. The predicted octanol–water partition coefficient (Wildman–Crippen LogP) is 2.04. The fourth-order valence-electron chi connectivity index (χ4n) is 3.55. The van der Waals surface area contributed by atoms with Gasteiger partial charge in [-0.15, -0.1) is 0 Å². The molecule has 2 aromatic carbocycles. The summed E-state index contributed by atoms with van der Waals surface area (Å²) in [5, 5.41) is 0.479. The van der Waals surface area contributed by atoms with Gasteiger partial charge < -0.3 is 24.1 Å². The first kappa shape index (κ1) is 21.6. The number of rotatable bonds is 9. The zero-order valence-electron chi connectivity index (χ0n) is 18.3. The monoisotopic (exact) mass is 412 g/mol. The Kier molecular flexibility index (Phi) is 6.95. The minimum absolute atomic E-state index is 0.183. The second kappa shape index (κ2) is 9.63. The van der Waals surface area contributed by atoms with E-state index in [9.17, 15) is 4.79 Å². The van der Waals surface area contributed by atoms with E-state index in [1.807, 2.05) is 12.1 Å². The van der Waals surface area contributed by atoms with Crippen LogP contribution in [0.25, 0.3) is 10.9 Å². The van der Waals surface area contributed by atoms with Gasteiger partial charge in [0.2, 0.25) is 0 Å². The van der Waals surface area contributed by atoms with Crippen molar-refractivity contribution in [2.75, 3.05) is 33.9 Å². The highest BCUT2D eigenvalue weighted by Crippen LogP contribution is 2.29. The fourth-order valence-corrected chi connectivity index (χ4v) is 3.55. The molecule has 1 unspecified atom stereocenters. The van der Waals surface area contributed by atoms with Crippen LogP contribution in [-0.2, 0) is 6.54 Å². The van der Waals surface area contributed by atoms with Crippen molar-refractivity contribution in [3.05, 3.63) is 57.6 Å². The molecule has 3 rings (SSSR count). The molecule has 0 radical (unpaired) electrons. The number of nitrogens with one attached hydrogen (secondary N) is 2. The van der Waals surface area contributed by atoms with E-state index < -0.39 is 0 Å². The third kappa shape index (κ3) is 5.10. The number of nitrogens with zero attached hydrogens (tertiary/aromatic N) is 1. The molecule has 2 N–H and O–H groups in total. The lowest BCUT2D eigenvalue weighted by molar-refractivity contribution is -0.912. The summed E-state index contributed by atoms with van der Waals surface area (Å²) < 4.78 is 16.6. The molecule has 0 fully saturated rings. The maximum Gasteiger partial charge on any atom is 0.259 e. The van der Waals surface area contributed by atoms with E-state index in [0.29, 0.717) is 41.4 Å². The third-order valence-electron chi connectivity index (χ3n) is 5.10. The molecule has 7 nitrogen and oxygen atoms in total. The van der Waals surface area contributed by atoms with Crippen molar-refractivity contribution >= 4 is 10.9 Å². The molecule has 0 saturated carbocycles. The van der Waals surface area contributed by atoms with Gasteiger partial charge in [0.15, 0.2) is 17.3 Å². The van der Waals surface area contributed by atoms with Crippen LogP contribution in [0.5, 0.6) is 17.2 Å². The standard InChI is InChI=1S/C23H29N3O4/c1-6-26(7-8-30-17-10-15(2)9-16(3)11-17)14-22-24-19-13-21(29-5)20(28-4)12-18(19)23(27)25-22/h9-13H,6-8,14H2,1-5H3,(H,24,25,27)/p+1. The van der Waals surface area contributed by atoms with Crippen LogP contribution >= 0.6 is 0 Å². The first-order valence-electron chi connectivity index (χ1n) is 10.1. The summed E-state index contributed by atoms with van der Waals surface area (Å²) in [5.74, 6) is 2.59. The third-order valence-corrected chi connectivity index (χ3v) is 5.10. The molecule has 3 aromatic rings. The number of methoxy groups -OCH3 is 2. The minimum atomic E-state index is -0.183. The van der Waals surface area contributed by atoms with Crippen molar-refractivity contribution in [2.24, 2.45) is 0 Å². The zero-order valence-corrected chi connectivity index (χ0v) is 18.3. The molecule has 1 aromatic heterocycles. The maximum atomic E-state index is 12.6. The van der Waals surface area contributed by atoms with E-state index >= 15 is 0 Å². The van der Waals surface area contributed by atoms with E-state index in [0.717, 1.165) is 18.8 Å². The largest absolute Gasteiger partial charge is 0.493 e. The molecular weight excluding hydrogens is 382 g/mol. The quantitative estimate of drug-likeness (QED) is 0.562. The second-order valence-corrected chi connectivity index (χ2v) is 7.44. The van der Waals surface area contributed by atoms with Crippen molar-refractivity contribution in [1.29, 1.82) is 0 Å². The molecule has 0 amide bonds. The van der Waals surface area contributed by atoms with Crippen LogP contribution in [0.2, 0.25) is 0 Å². The van der Waals surface area contributed by atoms with Gasteiger partial charge in [-0.3, -0.25) is 4.79 Å². The van der Waals surface area contributed by atoms with E-state index in [1.165, 1.54) is 16.0 Å². The number of quaternary nitrogens is 1. The topological polar surface area (TPSA) is 77.9 Å². The van der Waals surface area contributed by atoms with Crippen LogP contribution in [0.4, 0.5) is 0 Å². The molecule has 0 aliphatic rings. The summed E-state index contributed by atoms with van der Waals surface area (Å²) >= 11 is 0. The normalized spacial score (nSPS) is 12.0. The molecule has 0 spiro atoms. The number of ether oxygens (including phenoxy) is 3. The first-order chi connectivity index (χ1) is 14.4. The van der Waals surface area contributed by atoms with Crippen LogP contribution in [-0.4, -0.2) is 43.9 Å². The lowest BCUT2D eigenvalue weighted by Gasteiger charge is -2.18. The summed E-state index contributed by atoms with van der Waals surface area (Å²) in [6, 6.07) is 9.61.